The summed E-state index contributed by atoms with van der Waals surface area (Å²) in [6.45, 7) is 4.18. The second kappa shape index (κ2) is 25.9. The third-order valence-electron chi connectivity index (χ3n) is 6.77. The molecular formula is C33H53N4O+. The topological polar surface area (TPSA) is 61.7 Å². The summed E-state index contributed by atoms with van der Waals surface area (Å²) in [6, 6.07) is 2.12. The number of nitriles is 1. The summed E-state index contributed by atoms with van der Waals surface area (Å²) >= 11 is 0. The van der Waals surface area contributed by atoms with Crippen LogP contribution < -0.4 is 9.88 Å². The van der Waals surface area contributed by atoms with Gasteiger partial charge in [0, 0.05) is 32.2 Å². The number of hydrogen-bond donors (Lipinski definition) is 1. The van der Waals surface area contributed by atoms with Crippen LogP contribution in [0.25, 0.3) is 0 Å². The van der Waals surface area contributed by atoms with Gasteiger partial charge in [-0.2, -0.15) is 5.26 Å². The Morgan fingerprint density at radius 1 is 0.789 bits per heavy atom. The van der Waals surface area contributed by atoms with Gasteiger partial charge in [0.15, 0.2) is 6.54 Å². The van der Waals surface area contributed by atoms with Gasteiger partial charge in [-0.1, -0.05) is 102 Å². The lowest BCUT2D eigenvalue weighted by Crippen LogP contribution is -2.34. The minimum Gasteiger partial charge on any atom is -0.356 e. The Bertz CT molecular complexity index is 875. The van der Waals surface area contributed by atoms with Gasteiger partial charge in [-0.25, -0.2) is 9.13 Å². The fourth-order valence-electron chi connectivity index (χ4n) is 4.44. The number of carbonyl (C=O) groups is 1. The zero-order valence-corrected chi connectivity index (χ0v) is 24.2. The van der Waals surface area contributed by atoms with E-state index in [4.69, 9.17) is 5.26 Å². The summed E-state index contributed by atoms with van der Waals surface area (Å²) in [6.07, 6.45) is 29.7. The van der Waals surface area contributed by atoms with Crippen LogP contribution in [0.4, 0.5) is 0 Å². The van der Waals surface area contributed by atoms with Gasteiger partial charge in [0.25, 0.3) is 0 Å². The second-order valence-corrected chi connectivity index (χ2v) is 10.3. The number of amides is 1. The molecule has 1 aromatic rings. The first-order valence-electron chi connectivity index (χ1n) is 15.4. The predicted molar refractivity (Wildman–Crippen MR) is 157 cm³/mol. The van der Waals surface area contributed by atoms with Gasteiger partial charge in [-0.05, 0) is 31.1 Å². The largest absolute Gasteiger partial charge is 0.356 e. The monoisotopic (exact) mass is 521 g/mol. The van der Waals surface area contributed by atoms with E-state index in [2.05, 4.69) is 42.0 Å². The number of nitrogens with one attached hydrogen (secondary N) is 1. The molecule has 5 nitrogen and oxygen atoms in total. The van der Waals surface area contributed by atoms with E-state index < -0.39 is 0 Å². The van der Waals surface area contributed by atoms with Crippen molar-refractivity contribution in [1.29, 1.82) is 5.26 Å². The zero-order chi connectivity index (χ0) is 27.4. The van der Waals surface area contributed by atoms with Crippen molar-refractivity contribution in [3.63, 3.8) is 0 Å². The van der Waals surface area contributed by atoms with Crippen LogP contribution in [0, 0.1) is 35.0 Å². The molecule has 1 heterocycles. The molecule has 1 N–H and O–H groups in total. The number of nitrogens with zero attached hydrogens (tertiary/aromatic N) is 3. The third-order valence-corrected chi connectivity index (χ3v) is 6.77. The minimum atomic E-state index is 0.154. The number of aromatic nitrogens is 2. The SMILES string of the molecule is CCCCCCCCCCCCC#CC#CCCCCCCCCC(=O)NCCC[n+]1ccn(CC#N)c1. The highest BCUT2D eigenvalue weighted by Gasteiger charge is 2.04. The van der Waals surface area contributed by atoms with E-state index in [0.29, 0.717) is 19.5 Å². The van der Waals surface area contributed by atoms with E-state index >= 15 is 0 Å². The maximum Gasteiger partial charge on any atom is 0.244 e. The first-order valence-corrected chi connectivity index (χ1v) is 15.4. The van der Waals surface area contributed by atoms with E-state index in [1.165, 1.54) is 83.5 Å². The molecule has 0 spiro atoms. The van der Waals surface area contributed by atoms with Crippen LogP contribution in [0.1, 0.15) is 135 Å². The molecule has 1 amide bonds. The highest BCUT2D eigenvalue weighted by Crippen LogP contribution is 2.11. The average molecular weight is 522 g/mol. The Kier molecular flexibility index (Phi) is 22.7. The molecule has 0 saturated carbocycles. The molecule has 1 aromatic heterocycles. The van der Waals surface area contributed by atoms with Gasteiger partial charge in [-0.3, -0.25) is 4.79 Å². The fraction of sp³-hybridized carbons (Fsp3) is 0.727. The molecule has 38 heavy (non-hydrogen) atoms. The molecule has 0 fully saturated rings. The van der Waals surface area contributed by atoms with Crippen LogP contribution in [0.2, 0.25) is 0 Å². The number of aryl methyl sites for hydroxylation is 1. The molecule has 0 saturated heterocycles. The van der Waals surface area contributed by atoms with Crippen molar-refractivity contribution in [2.24, 2.45) is 0 Å². The Hall–Kier alpha value is -2.71. The van der Waals surface area contributed by atoms with Gasteiger partial charge in [0.2, 0.25) is 12.2 Å². The van der Waals surface area contributed by atoms with Crippen molar-refractivity contribution < 1.29 is 9.36 Å². The number of carbonyl (C=O) groups excluding carboxylic acids is 1. The zero-order valence-electron chi connectivity index (χ0n) is 24.2. The highest BCUT2D eigenvalue weighted by molar-refractivity contribution is 5.75. The molecule has 0 atom stereocenters. The van der Waals surface area contributed by atoms with Crippen LogP contribution in [0.15, 0.2) is 18.7 Å². The quantitative estimate of drug-likeness (QED) is 0.0937. The number of hydrogen-bond acceptors (Lipinski definition) is 2. The van der Waals surface area contributed by atoms with Crippen molar-refractivity contribution in [2.75, 3.05) is 6.54 Å². The van der Waals surface area contributed by atoms with Gasteiger partial charge >= 0.3 is 0 Å². The Morgan fingerprint density at radius 2 is 1.34 bits per heavy atom. The third kappa shape index (κ3) is 21.4. The van der Waals surface area contributed by atoms with E-state index in [9.17, 15) is 4.79 Å². The lowest BCUT2D eigenvalue weighted by atomic mass is 10.1. The first-order chi connectivity index (χ1) is 18.8. The van der Waals surface area contributed by atoms with Crippen LogP contribution in [0.5, 0.6) is 0 Å². The second-order valence-electron chi connectivity index (χ2n) is 10.3. The smallest absolute Gasteiger partial charge is 0.244 e. The van der Waals surface area contributed by atoms with Gasteiger partial charge < -0.3 is 5.32 Å². The summed E-state index contributed by atoms with van der Waals surface area (Å²) in [5, 5.41) is 11.7. The van der Waals surface area contributed by atoms with Crippen molar-refractivity contribution in [3.8, 4) is 29.8 Å². The number of unbranched alkanes of at least 4 members (excludes halogenated alkanes) is 16. The molecule has 0 radical (unpaired) electrons. The van der Waals surface area contributed by atoms with Crippen molar-refractivity contribution in [3.05, 3.63) is 18.7 Å². The van der Waals surface area contributed by atoms with Gasteiger partial charge in [-0.15, -0.1) is 0 Å². The highest BCUT2D eigenvalue weighted by atomic mass is 16.1. The van der Waals surface area contributed by atoms with E-state index in [1.54, 1.807) is 0 Å². The van der Waals surface area contributed by atoms with Crippen molar-refractivity contribution in [2.45, 2.75) is 148 Å². The Balaban J connectivity index is 1.82. The van der Waals surface area contributed by atoms with Crippen molar-refractivity contribution >= 4 is 5.91 Å². The summed E-state index contributed by atoms with van der Waals surface area (Å²) in [7, 11) is 0. The Labute approximate surface area is 233 Å². The molecule has 1 rings (SSSR count). The van der Waals surface area contributed by atoms with Crippen LogP contribution in [0.3, 0.4) is 0 Å². The lowest BCUT2D eigenvalue weighted by molar-refractivity contribution is -0.696. The summed E-state index contributed by atoms with van der Waals surface area (Å²) in [5.41, 5.74) is 0. The average Bonchev–Trinajstić information content (AvgIpc) is 3.37. The molecule has 0 unspecified atom stereocenters. The molecule has 0 aromatic carbocycles. The lowest BCUT2D eigenvalue weighted by Gasteiger charge is -2.04. The standard InChI is InChI=1S/C33H52N4O/c1-2-3-4-5-6-7-8-9-10-11-12-13-14-15-16-17-18-19-20-21-22-23-25-33(38)35-27-24-28-36-30-31-37(32-36)29-26-34/h30-32H,2-12,17-25,27-29H2,1H3/p+1. The van der Waals surface area contributed by atoms with Gasteiger partial charge in [0.1, 0.15) is 18.5 Å². The predicted octanol–water partition coefficient (Wildman–Crippen LogP) is 7.24. The fourth-order valence-corrected chi connectivity index (χ4v) is 4.44. The Morgan fingerprint density at radius 3 is 1.92 bits per heavy atom. The minimum absolute atomic E-state index is 0.154. The van der Waals surface area contributed by atoms with Gasteiger partial charge in [0.05, 0.1) is 6.54 Å². The first kappa shape index (κ1) is 33.3. The summed E-state index contributed by atoms with van der Waals surface area (Å²) < 4.78 is 3.89. The van der Waals surface area contributed by atoms with E-state index in [-0.39, 0.29) is 5.91 Å². The maximum absolute atomic E-state index is 12.0. The number of rotatable bonds is 23. The molecule has 210 valence electrons. The molecular weight excluding hydrogens is 468 g/mol. The number of imidazole rings is 1. The molecule has 0 aliphatic carbocycles. The van der Waals surface area contributed by atoms with Crippen LogP contribution in [-0.4, -0.2) is 17.0 Å². The summed E-state index contributed by atoms with van der Waals surface area (Å²) in [4.78, 5) is 12.0. The van der Waals surface area contributed by atoms with Crippen molar-refractivity contribution in [1.82, 2.24) is 9.88 Å². The van der Waals surface area contributed by atoms with Crippen LogP contribution >= 0.6 is 0 Å². The maximum atomic E-state index is 12.0. The molecule has 0 bridgehead atoms. The normalized spacial score (nSPS) is 10.2. The molecule has 5 heteroatoms. The van der Waals surface area contributed by atoms with E-state index in [1.807, 2.05) is 27.9 Å². The molecule has 0 aliphatic heterocycles. The van der Waals surface area contributed by atoms with Crippen LogP contribution in [-0.2, 0) is 17.9 Å². The van der Waals surface area contributed by atoms with E-state index in [0.717, 1.165) is 45.1 Å². The summed E-state index contributed by atoms with van der Waals surface area (Å²) in [5.74, 6) is 12.6. The molecule has 0 aliphatic rings.